The van der Waals surface area contributed by atoms with Crippen LogP contribution in [0.1, 0.15) is 64.4 Å². The van der Waals surface area contributed by atoms with E-state index in [1.54, 1.807) is 6.92 Å². The van der Waals surface area contributed by atoms with Gasteiger partial charge in [-0.15, -0.1) is 0 Å². The van der Waals surface area contributed by atoms with Crippen LogP contribution >= 0.6 is 0 Å². The van der Waals surface area contributed by atoms with Gasteiger partial charge in [0.15, 0.2) is 11.4 Å². The summed E-state index contributed by atoms with van der Waals surface area (Å²) in [5.74, 6) is -1.98. The summed E-state index contributed by atoms with van der Waals surface area (Å²) >= 11 is 0. The zero-order valence-electron chi connectivity index (χ0n) is 22.9. The first kappa shape index (κ1) is 26.3. The molecule has 2 aliphatic carbocycles. The number of anilines is 1. The molecule has 2 atom stereocenters. The number of aliphatic hydroxyl groups excluding tert-OH is 1. The average molecular weight is 543 g/mol. The summed E-state index contributed by atoms with van der Waals surface area (Å²) in [6.45, 7) is 6.93. The number of aromatic nitrogens is 2. The van der Waals surface area contributed by atoms with E-state index in [0.29, 0.717) is 5.82 Å². The van der Waals surface area contributed by atoms with Crippen LogP contribution in [-0.2, 0) is 16.8 Å². The maximum Gasteiger partial charge on any atom is 0.322 e. The highest BCUT2D eigenvalue weighted by Crippen LogP contribution is 2.61. The van der Waals surface area contributed by atoms with E-state index >= 15 is 0 Å². The second-order valence-electron chi connectivity index (χ2n) is 11.4. The number of piperidine rings is 1. The number of nitrogens with one attached hydrogen (secondary N) is 1. The zero-order valence-corrected chi connectivity index (χ0v) is 22.9. The molecule has 9 heteroatoms. The number of aromatic hydroxyl groups is 1. The molecule has 9 nitrogen and oxygen atoms in total. The molecule has 4 N–H and O–H groups in total. The summed E-state index contributed by atoms with van der Waals surface area (Å²) in [7, 11) is 0. The first-order valence-corrected chi connectivity index (χ1v) is 13.8. The summed E-state index contributed by atoms with van der Waals surface area (Å²) < 4.78 is 0. The van der Waals surface area contributed by atoms with Gasteiger partial charge in [0.25, 0.3) is 5.91 Å². The number of carbonyl (C=O) groups excluding carboxylic acids is 1. The van der Waals surface area contributed by atoms with Crippen molar-refractivity contribution in [3.8, 4) is 5.75 Å². The molecule has 1 saturated heterocycles. The fourth-order valence-electron chi connectivity index (χ4n) is 7.76. The molecule has 5 aliphatic heterocycles. The number of carbonyl (C=O) groups is 2. The quantitative estimate of drug-likeness (QED) is 0.418. The molecule has 0 spiro atoms. The number of carboxylic acids is 1. The van der Waals surface area contributed by atoms with Crippen LogP contribution in [-0.4, -0.2) is 56.8 Å². The van der Waals surface area contributed by atoms with Gasteiger partial charge in [-0.3, -0.25) is 9.59 Å². The molecular weight excluding hydrogens is 508 g/mol. The molecule has 6 heterocycles. The van der Waals surface area contributed by atoms with Crippen LogP contribution in [0.3, 0.4) is 0 Å². The summed E-state index contributed by atoms with van der Waals surface area (Å²) in [4.78, 5) is 35.8. The molecule has 1 aromatic carbocycles. The van der Waals surface area contributed by atoms with Crippen molar-refractivity contribution in [2.24, 2.45) is 11.8 Å². The van der Waals surface area contributed by atoms with Crippen LogP contribution in [0.25, 0.3) is 0 Å². The number of amides is 1. The first-order valence-electron chi connectivity index (χ1n) is 13.8. The van der Waals surface area contributed by atoms with Gasteiger partial charge in [-0.1, -0.05) is 37.3 Å². The zero-order chi connectivity index (χ0) is 28.3. The number of hydrogen-bond acceptors (Lipinski definition) is 7. The summed E-state index contributed by atoms with van der Waals surface area (Å²) in [5.41, 5.74) is 6.14. The number of allylic oxidation sites excluding steroid dienone is 6. The normalized spacial score (nSPS) is 23.5. The topological polar surface area (TPSA) is 136 Å². The molecule has 9 rings (SSSR count). The van der Waals surface area contributed by atoms with Crippen molar-refractivity contribution in [3.63, 3.8) is 0 Å². The van der Waals surface area contributed by atoms with Crippen molar-refractivity contribution >= 4 is 17.6 Å². The SMILES string of the molecule is Cc1nc(C(C)C2(C3C4=CC=C3C=C4)c3ccc(c(C)c3CO)N3CCC2CC3)nc(C(=O)NCC(=O)O)c1O. The fourth-order valence-corrected chi connectivity index (χ4v) is 7.76. The Morgan fingerprint density at radius 1 is 1.12 bits per heavy atom. The van der Waals surface area contributed by atoms with Crippen LogP contribution in [0, 0.1) is 25.7 Å². The second-order valence-corrected chi connectivity index (χ2v) is 11.4. The van der Waals surface area contributed by atoms with Crippen LogP contribution < -0.4 is 10.2 Å². The standard InChI is InChI=1S/C31H34N4O5/c1-16-22(15-36)23-8-9-24(16)35-12-10-21(11-13-35)31(23,26-19-4-5-20(26)7-6-19)17(2)29-33-18(3)28(39)27(34-29)30(40)32-14-25(37)38/h4-9,17,21,26,36,39H,10-15H2,1-3H3,(H,32,40)(H,37,38). The van der Waals surface area contributed by atoms with E-state index in [1.807, 2.05) is 0 Å². The van der Waals surface area contributed by atoms with Gasteiger partial charge in [-0.25, -0.2) is 9.97 Å². The van der Waals surface area contributed by atoms with E-state index in [4.69, 9.17) is 10.1 Å². The van der Waals surface area contributed by atoms with E-state index in [-0.39, 0.29) is 41.5 Å². The van der Waals surface area contributed by atoms with E-state index < -0.39 is 23.8 Å². The third-order valence-electron chi connectivity index (χ3n) is 9.58. The molecule has 2 unspecified atom stereocenters. The van der Waals surface area contributed by atoms with Gasteiger partial charge < -0.3 is 25.5 Å². The Balaban J connectivity index is 1.60. The van der Waals surface area contributed by atoms with Crippen LogP contribution in [0.4, 0.5) is 5.69 Å². The predicted octanol–water partition coefficient (Wildman–Crippen LogP) is 3.43. The van der Waals surface area contributed by atoms with Gasteiger partial charge in [-0.05, 0) is 66.5 Å². The van der Waals surface area contributed by atoms with E-state index in [9.17, 15) is 19.8 Å². The molecule has 208 valence electrons. The molecule has 0 radical (unpaired) electrons. The number of nitrogens with zero attached hydrogens (tertiary/aromatic N) is 3. The number of benzene rings is 1. The molecule has 1 fully saturated rings. The minimum atomic E-state index is -1.19. The van der Waals surface area contributed by atoms with Crippen molar-refractivity contribution in [1.29, 1.82) is 0 Å². The summed E-state index contributed by atoms with van der Waals surface area (Å²) in [6.07, 6.45) is 10.6. The Morgan fingerprint density at radius 3 is 2.40 bits per heavy atom. The fraction of sp³-hybridized carbons (Fsp3) is 0.419. The Bertz CT molecular complexity index is 1500. The minimum Gasteiger partial charge on any atom is -0.504 e. The number of carboxylic acid groups (broad SMARTS) is 1. The summed E-state index contributed by atoms with van der Waals surface area (Å²) in [5, 5.41) is 32.9. The molecule has 0 saturated carbocycles. The highest BCUT2D eigenvalue weighted by molar-refractivity contribution is 5.96. The van der Waals surface area contributed by atoms with Crippen molar-refractivity contribution < 1.29 is 24.9 Å². The van der Waals surface area contributed by atoms with Gasteiger partial charge >= 0.3 is 5.97 Å². The number of rotatable bonds is 7. The Morgan fingerprint density at radius 2 is 1.80 bits per heavy atom. The van der Waals surface area contributed by atoms with Crippen LogP contribution in [0.15, 0.2) is 47.6 Å². The lowest BCUT2D eigenvalue weighted by Gasteiger charge is -2.52. The maximum absolute atomic E-state index is 12.9. The highest BCUT2D eigenvalue weighted by atomic mass is 16.4. The molecule has 1 aromatic heterocycles. The lowest BCUT2D eigenvalue weighted by atomic mass is 9.52. The monoisotopic (exact) mass is 542 g/mol. The summed E-state index contributed by atoms with van der Waals surface area (Å²) in [6, 6.07) is 4.35. The van der Waals surface area contributed by atoms with Gasteiger partial charge in [-0.2, -0.15) is 0 Å². The van der Waals surface area contributed by atoms with Gasteiger partial charge in [0, 0.05) is 36.0 Å². The molecule has 1 amide bonds. The Kier molecular flexibility index (Phi) is 6.29. The lowest BCUT2D eigenvalue weighted by Crippen LogP contribution is -2.51. The number of aliphatic carboxylic acids is 1. The Hall–Kier alpha value is -3.98. The van der Waals surface area contributed by atoms with E-state index in [2.05, 4.69) is 65.5 Å². The number of fused-ring (bicyclic) bond motifs is 2. The number of hydrogen-bond donors (Lipinski definition) is 4. The molecular formula is C31H34N4O5. The number of aryl methyl sites for hydroxylation is 1. The number of aliphatic hydroxyl groups is 1. The Labute approximate surface area is 233 Å². The predicted molar refractivity (Wildman–Crippen MR) is 149 cm³/mol. The molecule has 40 heavy (non-hydrogen) atoms. The van der Waals surface area contributed by atoms with Crippen molar-refractivity contribution in [1.82, 2.24) is 15.3 Å². The second kappa shape index (κ2) is 9.59. The third kappa shape index (κ3) is 3.71. The highest BCUT2D eigenvalue weighted by Gasteiger charge is 2.57. The minimum absolute atomic E-state index is 0.0229. The smallest absolute Gasteiger partial charge is 0.322 e. The maximum atomic E-state index is 12.9. The molecule has 2 aromatic rings. The van der Waals surface area contributed by atoms with Crippen molar-refractivity contribution in [2.45, 2.75) is 51.6 Å². The van der Waals surface area contributed by atoms with Gasteiger partial charge in [0.2, 0.25) is 0 Å². The molecule has 7 aliphatic rings. The van der Waals surface area contributed by atoms with Crippen LogP contribution in [0.5, 0.6) is 5.75 Å². The largest absolute Gasteiger partial charge is 0.504 e. The lowest BCUT2D eigenvalue weighted by molar-refractivity contribution is -0.135. The van der Waals surface area contributed by atoms with Crippen molar-refractivity contribution in [2.75, 3.05) is 24.5 Å². The van der Waals surface area contributed by atoms with Crippen LogP contribution in [0.2, 0.25) is 0 Å². The van der Waals surface area contributed by atoms with Crippen molar-refractivity contribution in [3.05, 3.63) is 81.5 Å². The van der Waals surface area contributed by atoms with E-state index in [1.165, 1.54) is 11.1 Å². The molecule has 6 bridgehead atoms. The van der Waals surface area contributed by atoms with E-state index in [0.717, 1.165) is 48.3 Å². The van der Waals surface area contributed by atoms with Gasteiger partial charge in [0.1, 0.15) is 12.4 Å². The average Bonchev–Trinajstić information content (AvgIpc) is 3.58. The van der Waals surface area contributed by atoms with Gasteiger partial charge in [0.05, 0.1) is 12.3 Å². The third-order valence-corrected chi connectivity index (χ3v) is 9.58. The first-order chi connectivity index (χ1) is 19.2.